The van der Waals surface area contributed by atoms with Gasteiger partial charge in [0.05, 0.1) is 17.4 Å². The number of nitrogens with one attached hydrogen (secondary N) is 1. The predicted octanol–water partition coefficient (Wildman–Crippen LogP) is 4.51. The van der Waals surface area contributed by atoms with Gasteiger partial charge in [-0.3, -0.25) is 4.79 Å². The van der Waals surface area contributed by atoms with E-state index in [4.69, 9.17) is 0 Å². The molecule has 1 N–H and O–H groups in total. The van der Waals surface area contributed by atoms with Gasteiger partial charge in [-0.15, -0.1) is 0 Å². The number of rotatable bonds is 7. The van der Waals surface area contributed by atoms with E-state index in [1.54, 1.807) is 24.3 Å². The number of aryl methyl sites for hydroxylation is 1. The topological polar surface area (TPSA) is 46.9 Å². The molecule has 0 atom stereocenters. The van der Waals surface area contributed by atoms with E-state index in [1.165, 1.54) is 0 Å². The summed E-state index contributed by atoms with van der Waals surface area (Å²) < 4.78 is 41.3. The monoisotopic (exact) mass is 353 g/mol. The average molecular weight is 353 g/mol. The first-order valence-corrected chi connectivity index (χ1v) is 8.35. The second kappa shape index (κ2) is 8.18. The molecule has 1 amide bonds. The van der Waals surface area contributed by atoms with Crippen molar-refractivity contribution in [2.75, 3.05) is 6.54 Å². The van der Waals surface area contributed by atoms with Crippen molar-refractivity contribution in [3.63, 3.8) is 0 Å². The molecule has 25 heavy (non-hydrogen) atoms. The standard InChI is InChI=1S/C18H22F3N3O/c1-3-4-5-6-11-22-17(25)15-12-23-24(16(15)18(19,20)21)14-9-7-13(2)8-10-14/h7-10,12H,3-6,11H2,1-2H3,(H,22,25). The van der Waals surface area contributed by atoms with Crippen LogP contribution in [0.4, 0.5) is 13.2 Å². The Morgan fingerprint density at radius 2 is 1.84 bits per heavy atom. The van der Waals surface area contributed by atoms with Crippen LogP contribution in [0.2, 0.25) is 0 Å². The molecule has 0 aliphatic heterocycles. The molecule has 0 unspecified atom stereocenters. The normalized spacial score (nSPS) is 11.6. The molecule has 1 aromatic heterocycles. The molecule has 1 heterocycles. The summed E-state index contributed by atoms with van der Waals surface area (Å²) in [4.78, 5) is 12.2. The first-order valence-electron chi connectivity index (χ1n) is 8.35. The van der Waals surface area contributed by atoms with Crippen LogP contribution in [0.5, 0.6) is 0 Å². The van der Waals surface area contributed by atoms with E-state index in [1.807, 2.05) is 6.92 Å². The number of hydrogen-bond acceptors (Lipinski definition) is 2. The molecule has 136 valence electrons. The van der Waals surface area contributed by atoms with E-state index in [0.717, 1.165) is 42.1 Å². The van der Waals surface area contributed by atoms with E-state index in [-0.39, 0.29) is 5.69 Å². The molecule has 0 aliphatic carbocycles. The van der Waals surface area contributed by atoms with Crippen LogP contribution in [0.1, 0.15) is 54.2 Å². The third kappa shape index (κ3) is 4.84. The lowest BCUT2D eigenvalue weighted by atomic mass is 10.2. The second-order valence-corrected chi connectivity index (χ2v) is 5.97. The van der Waals surface area contributed by atoms with Crippen LogP contribution >= 0.6 is 0 Å². The highest BCUT2D eigenvalue weighted by atomic mass is 19.4. The Labute approximate surface area is 145 Å². The molecule has 0 spiro atoms. The van der Waals surface area contributed by atoms with Crippen molar-refractivity contribution >= 4 is 5.91 Å². The minimum Gasteiger partial charge on any atom is -0.352 e. The summed E-state index contributed by atoms with van der Waals surface area (Å²) in [7, 11) is 0. The highest BCUT2D eigenvalue weighted by Crippen LogP contribution is 2.33. The van der Waals surface area contributed by atoms with Gasteiger partial charge in [0.15, 0.2) is 5.69 Å². The summed E-state index contributed by atoms with van der Waals surface area (Å²) in [5.74, 6) is -0.748. The molecule has 0 aliphatic rings. The Morgan fingerprint density at radius 1 is 1.16 bits per heavy atom. The minimum absolute atomic E-state index is 0.264. The van der Waals surface area contributed by atoms with Crippen molar-refractivity contribution in [3.8, 4) is 5.69 Å². The number of carbonyl (C=O) groups is 1. The van der Waals surface area contributed by atoms with E-state index >= 15 is 0 Å². The van der Waals surface area contributed by atoms with E-state index in [9.17, 15) is 18.0 Å². The van der Waals surface area contributed by atoms with Gasteiger partial charge in [0.2, 0.25) is 0 Å². The summed E-state index contributed by atoms with van der Waals surface area (Å²) >= 11 is 0. The van der Waals surface area contributed by atoms with Crippen molar-refractivity contribution in [2.24, 2.45) is 0 Å². The van der Waals surface area contributed by atoms with Gasteiger partial charge in [0, 0.05) is 6.54 Å². The summed E-state index contributed by atoms with van der Waals surface area (Å²) in [6.45, 7) is 4.26. The zero-order valence-electron chi connectivity index (χ0n) is 14.4. The van der Waals surface area contributed by atoms with Crippen molar-refractivity contribution in [2.45, 2.75) is 45.7 Å². The van der Waals surface area contributed by atoms with Gasteiger partial charge in [0.25, 0.3) is 5.91 Å². The van der Waals surface area contributed by atoms with Crippen molar-refractivity contribution in [1.82, 2.24) is 15.1 Å². The SMILES string of the molecule is CCCCCCNC(=O)c1cnn(-c2ccc(C)cc2)c1C(F)(F)F. The maximum Gasteiger partial charge on any atom is 0.434 e. The first-order chi connectivity index (χ1) is 11.8. The summed E-state index contributed by atoms with van der Waals surface area (Å²) in [6.07, 6.45) is 0.0589. The Hall–Kier alpha value is -2.31. The quantitative estimate of drug-likeness (QED) is 0.745. The maximum atomic E-state index is 13.5. The van der Waals surface area contributed by atoms with Crippen LogP contribution in [-0.4, -0.2) is 22.2 Å². The van der Waals surface area contributed by atoms with Gasteiger partial charge in [-0.1, -0.05) is 43.9 Å². The molecule has 0 radical (unpaired) electrons. The largest absolute Gasteiger partial charge is 0.434 e. The lowest BCUT2D eigenvalue weighted by Gasteiger charge is -2.13. The number of nitrogens with zero attached hydrogens (tertiary/aromatic N) is 2. The molecule has 4 nitrogen and oxygen atoms in total. The van der Waals surface area contributed by atoms with Crippen LogP contribution < -0.4 is 5.32 Å². The van der Waals surface area contributed by atoms with Gasteiger partial charge in [-0.05, 0) is 25.5 Å². The molecule has 2 aromatic rings. The number of hydrogen-bond donors (Lipinski definition) is 1. The number of unbranched alkanes of at least 4 members (excludes halogenated alkanes) is 3. The third-order valence-electron chi connectivity index (χ3n) is 3.88. The highest BCUT2D eigenvalue weighted by molar-refractivity contribution is 5.95. The van der Waals surface area contributed by atoms with Gasteiger partial charge in [-0.25, -0.2) is 4.68 Å². The number of aromatic nitrogens is 2. The fraction of sp³-hybridized carbons (Fsp3) is 0.444. The molecular formula is C18H22F3N3O. The van der Waals surface area contributed by atoms with Crippen LogP contribution in [-0.2, 0) is 6.18 Å². The molecule has 0 fully saturated rings. The second-order valence-electron chi connectivity index (χ2n) is 5.97. The van der Waals surface area contributed by atoms with Crippen molar-refractivity contribution in [3.05, 3.63) is 47.3 Å². The molecule has 0 bridgehead atoms. The predicted molar refractivity (Wildman–Crippen MR) is 89.8 cm³/mol. The van der Waals surface area contributed by atoms with E-state index < -0.39 is 23.3 Å². The number of amides is 1. The minimum atomic E-state index is -4.68. The van der Waals surface area contributed by atoms with Crippen LogP contribution in [0.3, 0.4) is 0 Å². The fourth-order valence-corrected chi connectivity index (χ4v) is 2.52. The highest BCUT2D eigenvalue weighted by Gasteiger charge is 2.40. The lowest BCUT2D eigenvalue weighted by molar-refractivity contribution is -0.143. The maximum absolute atomic E-state index is 13.5. The van der Waals surface area contributed by atoms with Crippen LogP contribution in [0.25, 0.3) is 5.69 Å². The Balaban J connectivity index is 2.24. The molecular weight excluding hydrogens is 331 g/mol. The average Bonchev–Trinajstić information content (AvgIpc) is 3.00. The van der Waals surface area contributed by atoms with Crippen molar-refractivity contribution < 1.29 is 18.0 Å². The van der Waals surface area contributed by atoms with Gasteiger partial charge in [0.1, 0.15) is 0 Å². The van der Waals surface area contributed by atoms with E-state index in [2.05, 4.69) is 17.3 Å². The third-order valence-corrected chi connectivity index (χ3v) is 3.88. The number of carbonyl (C=O) groups excluding carboxylic acids is 1. The molecule has 7 heteroatoms. The summed E-state index contributed by atoms with van der Waals surface area (Å²) in [5, 5.41) is 6.35. The molecule has 1 aromatic carbocycles. The lowest BCUT2D eigenvalue weighted by Crippen LogP contribution is -2.27. The molecule has 0 saturated heterocycles. The smallest absolute Gasteiger partial charge is 0.352 e. The van der Waals surface area contributed by atoms with Gasteiger partial charge >= 0.3 is 6.18 Å². The first kappa shape index (κ1) is 19.0. The Bertz CT molecular complexity index is 705. The molecule has 0 saturated carbocycles. The van der Waals surface area contributed by atoms with E-state index in [0.29, 0.717) is 6.54 Å². The van der Waals surface area contributed by atoms with Crippen LogP contribution in [0, 0.1) is 6.92 Å². The Kier molecular flexibility index (Phi) is 6.22. The van der Waals surface area contributed by atoms with Gasteiger partial charge < -0.3 is 5.32 Å². The summed E-state index contributed by atoms with van der Waals surface area (Å²) in [6, 6.07) is 6.49. The summed E-state index contributed by atoms with van der Waals surface area (Å²) in [5.41, 5.74) is -0.319. The van der Waals surface area contributed by atoms with Gasteiger partial charge in [-0.2, -0.15) is 18.3 Å². The van der Waals surface area contributed by atoms with Crippen LogP contribution in [0.15, 0.2) is 30.5 Å². The zero-order valence-corrected chi connectivity index (χ0v) is 14.4. The van der Waals surface area contributed by atoms with Crippen molar-refractivity contribution in [1.29, 1.82) is 0 Å². The fourth-order valence-electron chi connectivity index (χ4n) is 2.52. The number of halogens is 3. The number of alkyl halides is 3. The Morgan fingerprint density at radius 3 is 2.44 bits per heavy atom. The number of benzene rings is 1. The molecule has 2 rings (SSSR count). The zero-order chi connectivity index (χ0) is 18.4.